The van der Waals surface area contributed by atoms with Crippen molar-refractivity contribution in [3.63, 3.8) is 0 Å². The second kappa shape index (κ2) is 9.29. The lowest BCUT2D eigenvalue weighted by molar-refractivity contribution is 0.171. The highest BCUT2D eigenvalue weighted by atomic mass is 16.2. The van der Waals surface area contributed by atoms with Crippen LogP contribution in [0.3, 0.4) is 0 Å². The zero-order valence-corrected chi connectivity index (χ0v) is 14.2. The van der Waals surface area contributed by atoms with Crippen LogP contribution in [-0.2, 0) is 0 Å². The summed E-state index contributed by atoms with van der Waals surface area (Å²) in [5.41, 5.74) is 1.35. The van der Waals surface area contributed by atoms with Gasteiger partial charge in [-0.15, -0.1) is 0 Å². The first-order chi connectivity index (χ1) is 10.7. The third-order valence-corrected chi connectivity index (χ3v) is 4.50. The first kappa shape index (κ1) is 17.5. The molecule has 1 aliphatic rings. The van der Waals surface area contributed by atoms with Crippen molar-refractivity contribution in [3.05, 3.63) is 35.9 Å². The lowest BCUT2D eigenvalue weighted by Crippen LogP contribution is -2.44. The predicted octanol–water partition coefficient (Wildman–Crippen LogP) is 3.21. The van der Waals surface area contributed by atoms with Gasteiger partial charge < -0.3 is 15.3 Å². The molecule has 124 valence electrons. The van der Waals surface area contributed by atoms with Gasteiger partial charge in [0.05, 0.1) is 0 Å². The number of aliphatic hydroxyl groups excluding tert-OH is 1. The molecule has 1 heterocycles. The number of likely N-dealkylation sites (tertiary alicyclic amines) is 1. The molecule has 1 saturated heterocycles. The van der Waals surface area contributed by atoms with Gasteiger partial charge >= 0.3 is 0 Å². The van der Waals surface area contributed by atoms with Crippen molar-refractivity contribution in [1.29, 1.82) is 0 Å². The van der Waals surface area contributed by atoms with Gasteiger partial charge in [-0.25, -0.2) is 0 Å². The van der Waals surface area contributed by atoms with Crippen LogP contribution in [0.15, 0.2) is 30.3 Å². The number of rotatable bonds is 8. The number of nitrogens with one attached hydrogen (secondary N) is 1. The van der Waals surface area contributed by atoms with E-state index in [1.807, 2.05) is 0 Å². The van der Waals surface area contributed by atoms with Crippen LogP contribution in [0.25, 0.3) is 0 Å². The highest BCUT2D eigenvalue weighted by molar-refractivity contribution is 5.19. The summed E-state index contributed by atoms with van der Waals surface area (Å²) in [7, 11) is 0. The maximum atomic E-state index is 9.15. The molecule has 0 spiro atoms. The third-order valence-electron chi connectivity index (χ3n) is 4.50. The predicted molar refractivity (Wildman–Crippen MR) is 92.9 cm³/mol. The minimum atomic E-state index is 0.276. The molecule has 1 aliphatic heterocycles. The van der Waals surface area contributed by atoms with E-state index in [2.05, 4.69) is 54.4 Å². The average Bonchev–Trinajstić information content (AvgIpc) is 2.53. The van der Waals surface area contributed by atoms with Crippen LogP contribution < -0.4 is 5.32 Å². The van der Waals surface area contributed by atoms with Crippen molar-refractivity contribution in [2.75, 3.05) is 26.2 Å². The summed E-state index contributed by atoms with van der Waals surface area (Å²) >= 11 is 0. The Kier molecular flexibility index (Phi) is 7.37. The van der Waals surface area contributed by atoms with Crippen LogP contribution >= 0.6 is 0 Å². The highest BCUT2D eigenvalue weighted by Gasteiger charge is 2.22. The average molecular weight is 304 g/mol. The Bertz CT molecular complexity index is 399. The zero-order chi connectivity index (χ0) is 15.8. The second-order valence-corrected chi connectivity index (χ2v) is 6.96. The summed E-state index contributed by atoms with van der Waals surface area (Å²) in [5, 5.41) is 13.0. The van der Waals surface area contributed by atoms with Crippen molar-refractivity contribution in [2.45, 2.75) is 51.6 Å². The van der Waals surface area contributed by atoms with E-state index in [-0.39, 0.29) is 6.61 Å². The first-order valence-electron chi connectivity index (χ1n) is 8.83. The van der Waals surface area contributed by atoms with E-state index in [9.17, 15) is 0 Å². The fourth-order valence-electron chi connectivity index (χ4n) is 3.41. The lowest BCUT2D eigenvalue weighted by Gasteiger charge is -2.35. The van der Waals surface area contributed by atoms with Crippen molar-refractivity contribution in [3.8, 4) is 0 Å². The molecule has 0 amide bonds. The van der Waals surface area contributed by atoms with E-state index in [0.29, 0.717) is 12.1 Å². The molecule has 1 atom stereocenters. The van der Waals surface area contributed by atoms with Crippen molar-refractivity contribution < 1.29 is 5.11 Å². The van der Waals surface area contributed by atoms with E-state index in [4.69, 9.17) is 5.11 Å². The molecule has 2 N–H and O–H groups in total. The van der Waals surface area contributed by atoms with Gasteiger partial charge in [-0.05, 0) is 50.3 Å². The summed E-state index contributed by atoms with van der Waals surface area (Å²) < 4.78 is 0. The lowest BCUT2D eigenvalue weighted by atomic mass is 9.97. The van der Waals surface area contributed by atoms with E-state index >= 15 is 0 Å². The van der Waals surface area contributed by atoms with Crippen LogP contribution in [0.4, 0.5) is 0 Å². The summed E-state index contributed by atoms with van der Waals surface area (Å²) in [6.45, 7) is 8.50. The number of nitrogens with zero attached hydrogens (tertiary/aromatic N) is 1. The van der Waals surface area contributed by atoms with E-state index in [1.165, 1.54) is 38.0 Å². The quantitative estimate of drug-likeness (QED) is 0.774. The maximum absolute atomic E-state index is 9.15. The number of benzene rings is 1. The summed E-state index contributed by atoms with van der Waals surface area (Å²) in [6, 6.07) is 11.6. The topological polar surface area (TPSA) is 35.5 Å². The fraction of sp³-hybridized carbons (Fsp3) is 0.684. The van der Waals surface area contributed by atoms with Gasteiger partial charge in [0.1, 0.15) is 0 Å². The molecule has 2 rings (SSSR count). The monoisotopic (exact) mass is 304 g/mol. The molecule has 3 nitrogen and oxygen atoms in total. The molecule has 1 fully saturated rings. The van der Waals surface area contributed by atoms with Gasteiger partial charge in [0.25, 0.3) is 0 Å². The molecule has 1 aromatic carbocycles. The summed E-state index contributed by atoms with van der Waals surface area (Å²) in [5.74, 6) is 0.756. The Balaban J connectivity index is 1.86. The van der Waals surface area contributed by atoms with Crippen LogP contribution in [0, 0.1) is 5.92 Å². The molecule has 0 bridgehead atoms. The molecule has 3 heteroatoms. The maximum Gasteiger partial charge on any atom is 0.0431 e. The van der Waals surface area contributed by atoms with Gasteiger partial charge in [-0.3, -0.25) is 0 Å². The van der Waals surface area contributed by atoms with Gasteiger partial charge in [-0.2, -0.15) is 0 Å². The summed E-state index contributed by atoms with van der Waals surface area (Å²) in [6.07, 6.45) is 4.33. The second-order valence-electron chi connectivity index (χ2n) is 6.96. The SMILES string of the molecule is CC(C)CN1CCC(NC(CCCO)c2ccccc2)CC1. The fourth-order valence-corrected chi connectivity index (χ4v) is 3.41. The van der Waals surface area contributed by atoms with Gasteiger partial charge in [0.2, 0.25) is 0 Å². The smallest absolute Gasteiger partial charge is 0.0431 e. The normalized spacial score (nSPS) is 18.7. The molecule has 22 heavy (non-hydrogen) atoms. The Morgan fingerprint density at radius 3 is 2.45 bits per heavy atom. The van der Waals surface area contributed by atoms with E-state index < -0.39 is 0 Å². The molecule has 0 aromatic heterocycles. The van der Waals surface area contributed by atoms with Gasteiger partial charge in [-0.1, -0.05) is 44.2 Å². The molecule has 0 aliphatic carbocycles. The number of piperidine rings is 1. The van der Waals surface area contributed by atoms with Crippen LogP contribution in [-0.4, -0.2) is 42.3 Å². The standard InChI is InChI=1S/C19H32N2O/c1-16(2)15-21-12-10-18(11-13-21)20-19(9-6-14-22)17-7-4-3-5-8-17/h3-5,7-8,16,18-20,22H,6,9-15H2,1-2H3. The Morgan fingerprint density at radius 1 is 1.18 bits per heavy atom. The van der Waals surface area contributed by atoms with E-state index in [0.717, 1.165) is 18.8 Å². The summed E-state index contributed by atoms with van der Waals surface area (Å²) in [4.78, 5) is 2.59. The molecule has 0 saturated carbocycles. The Hall–Kier alpha value is -0.900. The number of hydrogen-bond donors (Lipinski definition) is 2. The minimum absolute atomic E-state index is 0.276. The number of hydrogen-bond acceptors (Lipinski definition) is 3. The Labute approximate surface area is 135 Å². The molecule has 0 radical (unpaired) electrons. The third kappa shape index (κ3) is 5.71. The number of aliphatic hydroxyl groups is 1. The molecule has 1 aromatic rings. The molecular weight excluding hydrogens is 272 g/mol. The largest absolute Gasteiger partial charge is 0.396 e. The van der Waals surface area contributed by atoms with Crippen LogP contribution in [0.5, 0.6) is 0 Å². The van der Waals surface area contributed by atoms with Gasteiger partial charge in [0, 0.05) is 25.2 Å². The van der Waals surface area contributed by atoms with Gasteiger partial charge in [0.15, 0.2) is 0 Å². The minimum Gasteiger partial charge on any atom is -0.396 e. The Morgan fingerprint density at radius 2 is 1.86 bits per heavy atom. The van der Waals surface area contributed by atoms with E-state index in [1.54, 1.807) is 0 Å². The van der Waals surface area contributed by atoms with Crippen molar-refractivity contribution in [1.82, 2.24) is 10.2 Å². The first-order valence-corrected chi connectivity index (χ1v) is 8.83. The molecule has 1 unspecified atom stereocenters. The highest BCUT2D eigenvalue weighted by Crippen LogP contribution is 2.22. The molecular formula is C19H32N2O. The van der Waals surface area contributed by atoms with Crippen LogP contribution in [0.2, 0.25) is 0 Å². The van der Waals surface area contributed by atoms with Crippen LogP contribution in [0.1, 0.15) is 51.1 Å². The van der Waals surface area contributed by atoms with Crippen molar-refractivity contribution in [2.24, 2.45) is 5.92 Å². The zero-order valence-electron chi connectivity index (χ0n) is 14.2. The van der Waals surface area contributed by atoms with Crippen molar-refractivity contribution >= 4 is 0 Å².